The van der Waals surface area contributed by atoms with Crippen molar-refractivity contribution in [2.75, 3.05) is 26.2 Å². The summed E-state index contributed by atoms with van der Waals surface area (Å²) in [7, 11) is 0. The highest BCUT2D eigenvalue weighted by Crippen LogP contribution is 2.22. The number of fused-ring (bicyclic) bond motifs is 1. The van der Waals surface area contributed by atoms with Crippen LogP contribution in [-0.4, -0.2) is 47.0 Å². The molecule has 1 unspecified atom stereocenters. The van der Waals surface area contributed by atoms with Gasteiger partial charge in [-0.3, -0.25) is 9.80 Å². The molecule has 2 saturated heterocycles. The molecule has 3 rings (SSSR count). The van der Waals surface area contributed by atoms with Gasteiger partial charge in [-0.15, -0.1) is 0 Å². The van der Waals surface area contributed by atoms with Gasteiger partial charge in [-0.2, -0.15) is 0 Å². The predicted octanol–water partition coefficient (Wildman–Crippen LogP) is 1.60. The molecule has 0 aliphatic carbocycles. The lowest BCUT2D eigenvalue weighted by Gasteiger charge is -2.37. The van der Waals surface area contributed by atoms with E-state index in [-0.39, 0.29) is 0 Å². The molecule has 0 saturated carbocycles. The predicted molar refractivity (Wildman–Crippen MR) is 82.2 cm³/mol. The molecule has 0 aromatic heterocycles. The minimum Gasteiger partial charge on any atom is -0.389 e. The van der Waals surface area contributed by atoms with Crippen molar-refractivity contribution in [2.24, 2.45) is 5.73 Å². The average molecular weight is 275 g/mol. The van der Waals surface area contributed by atoms with Crippen molar-refractivity contribution in [2.45, 2.75) is 25.4 Å². The quantitative estimate of drug-likeness (QED) is 0.849. The Labute approximate surface area is 120 Å². The van der Waals surface area contributed by atoms with Crippen molar-refractivity contribution in [3.05, 3.63) is 35.4 Å². The number of thiocarbonyl (C=S) groups is 1. The fourth-order valence-corrected chi connectivity index (χ4v) is 3.41. The van der Waals surface area contributed by atoms with Gasteiger partial charge in [0, 0.05) is 37.8 Å². The van der Waals surface area contributed by atoms with Crippen LogP contribution in [0.1, 0.15) is 24.0 Å². The Kier molecular flexibility index (Phi) is 3.82. The minimum absolute atomic E-state index is 0.488. The number of nitrogens with two attached hydrogens (primary N) is 1. The number of nitrogens with zero attached hydrogens (tertiary/aromatic N) is 2. The molecular weight excluding hydrogens is 254 g/mol. The first-order valence-corrected chi connectivity index (χ1v) is 7.48. The van der Waals surface area contributed by atoms with Crippen LogP contribution < -0.4 is 5.73 Å². The zero-order valence-electron chi connectivity index (χ0n) is 11.2. The van der Waals surface area contributed by atoms with Gasteiger partial charge in [0.1, 0.15) is 4.99 Å². The van der Waals surface area contributed by atoms with Gasteiger partial charge in [0.25, 0.3) is 0 Å². The molecule has 1 aromatic carbocycles. The molecule has 2 aliphatic rings. The van der Waals surface area contributed by atoms with E-state index in [1.165, 1.54) is 44.6 Å². The third kappa shape index (κ3) is 2.96. The molecule has 102 valence electrons. The summed E-state index contributed by atoms with van der Waals surface area (Å²) in [5.41, 5.74) is 7.99. The van der Waals surface area contributed by atoms with Gasteiger partial charge in [0.2, 0.25) is 0 Å². The van der Waals surface area contributed by atoms with Crippen LogP contribution in [0.15, 0.2) is 24.3 Å². The first-order valence-electron chi connectivity index (χ1n) is 7.07. The number of hydrogen-bond donors (Lipinski definition) is 1. The number of rotatable bonds is 3. The topological polar surface area (TPSA) is 32.5 Å². The summed E-state index contributed by atoms with van der Waals surface area (Å²) < 4.78 is 0. The van der Waals surface area contributed by atoms with Crippen molar-refractivity contribution < 1.29 is 0 Å². The third-order valence-corrected chi connectivity index (χ3v) is 4.52. The van der Waals surface area contributed by atoms with E-state index in [1.54, 1.807) is 0 Å². The van der Waals surface area contributed by atoms with Crippen LogP contribution in [-0.2, 0) is 6.54 Å². The van der Waals surface area contributed by atoms with E-state index in [9.17, 15) is 0 Å². The van der Waals surface area contributed by atoms with Gasteiger partial charge in [0.15, 0.2) is 0 Å². The molecule has 0 amide bonds. The Hall–Kier alpha value is -0.970. The van der Waals surface area contributed by atoms with Crippen molar-refractivity contribution in [3.8, 4) is 0 Å². The van der Waals surface area contributed by atoms with E-state index in [1.807, 2.05) is 6.07 Å². The first-order chi connectivity index (χ1) is 9.22. The Balaban J connectivity index is 1.65. The second-order valence-electron chi connectivity index (χ2n) is 5.63. The van der Waals surface area contributed by atoms with Gasteiger partial charge in [-0.1, -0.05) is 30.4 Å². The van der Waals surface area contributed by atoms with Gasteiger partial charge < -0.3 is 5.73 Å². The van der Waals surface area contributed by atoms with Crippen LogP contribution in [0, 0.1) is 0 Å². The highest BCUT2D eigenvalue weighted by molar-refractivity contribution is 7.80. The fourth-order valence-electron chi connectivity index (χ4n) is 3.28. The number of piperazine rings is 1. The lowest BCUT2D eigenvalue weighted by Crippen LogP contribution is -2.49. The Morgan fingerprint density at radius 3 is 3.05 bits per heavy atom. The van der Waals surface area contributed by atoms with E-state index in [2.05, 4.69) is 28.0 Å². The molecule has 1 aromatic rings. The molecule has 3 nitrogen and oxygen atoms in total. The molecule has 0 radical (unpaired) electrons. The molecule has 2 fully saturated rings. The molecule has 0 spiro atoms. The van der Waals surface area contributed by atoms with Crippen molar-refractivity contribution >= 4 is 17.2 Å². The summed E-state index contributed by atoms with van der Waals surface area (Å²) in [6.07, 6.45) is 2.73. The normalized spacial score (nSPS) is 24.3. The Morgan fingerprint density at radius 2 is 2.21 bits per heavy atom. The van der Waals surface area contributed by atoms with Crippen LogP contribution in [0.5, 0.6) is 0 Å². The SMILES string of the molecule is NC(=S)c1cccc(CN2CCN3CCCC3C2)c1. The molecule has 2 aliphatic heterocycles. The van der Waals surface area contributed by atoms with Crippen LogP contribution in [0.4, 0.5) is 0 Å². The van der Waals surface area contributed by atoms with Crippen molar-refractivity contribution in [1.29, 1.82) is 0 Å². The molecule has 4 heteroatoms. The number of benzene rings is 1. The molecule has 2 N–H and O–H groups in total. The van der Waals surface area contributed by atoms with E-state index in [0.717, 1.165) is 18.2 Å². The summed E-state index contributed by atoms with van der Waals surface area (Å²) in [5, 5.41) is 0. The molecule has 0 bridgehead atoms. The van der Waals surface area contributed by atoms with E-state index >= 15 is 0 Å². The summed E-state index contributed by atoms with van der Waals surface area (Å²) in [6.45, 7) is 5.92. The maximum Gasteiger partial charge on any atom is 0.103 e. The van der Waals surface area contributed by atoms with Crippen LogP contribution in [0.3, 0.4) is 0 Å². The molecule has 1 atom stereocenters. The minimum atomic E-state index is 0.488. The lowest BCUT2D eigenvalue weighted by atomic mass is 10.1. The lowest BCUT2D eigenvalue weighted by molar-refractivity contribution is 0.0994. The summed E-state index contributed by atoms with van der Waals surface area (Å²) in [6, 6.07) is 9.12. The van der Waals surface area contributed by atoms with Crippen LogP contribution in [0.2, 0.25) is 0 Å². The van der Waals surface area contributed by atoms with Crippen molar-refractivity contribution in [1.82, 2.24) is 9.80 Å². The van der Waals surface area contributed by atoms with Crippen LogP contribution >= 0.6 is 12.2 Å². The summed E-state index contributed by atoms with van der Waals surface area (Å²) in [4.78, 5) is 5.69. The van der Waals surface area contributed by atoms with E-state index in [4.69, 9.17) is 18.0 Å². The third-order valence-electron chi connectivity index (χ3n) is 4.29. The second kappa shape index (κ2) is 5.57. The fraction of sp³-hybridized carbons (Fsp3) is 0.533. The maximum atomic E-state index is 5.70. The first kappa shape index (κ1) is 13.0. The number of hydrogen-bond acceptors (Lipinski definition) is 3. The van der Waals surface area contributed by atoms with Crippen molar-refractivity contribution in [3.63, 3.8) is 0 Å². The highest BCUT2D eigenvalue weighted by atomic mass is 32.1. The maximum absolute atomic E-state index is 5.70. The van der Waals surface area contributed by atoms with Gasteiger partial charge in [0.05, 0.1) is 0 Å². The zero-order chi connectivity index (χ0) is 13.2. The van der Waals surface area contributed by atoms with Gasteiger partial charge >= 0.3 is 0 Å². The van der Waals surface area contributed by atoms with E-state index < -0.39 is 0 Å². The smallest absolute Gasteiger partial charge is 0.103 e. The summed E-state index contributed by atoms with van der Waals surface area (Å²) >= 11 is 5.04. The molecular formula is C15H21N3S. The van der Waals surface area contributed by atoms with Gasteiger partial charge in [-0.05, 0) is 31.0 Å². The van der Waals surface area contributed by atoms with Crippen LogP contribution in [0.25, 0.3) is 0 Å². The molecule has 19 heavy (non-hydrogen) atoms. The van der Waals surface area contributed by atoms with Gasteiger partial charge in [-0.25, -0.2) is 0 Å². The second-order valence-corrected chi connectivity index (χ2v) is 6.07. The zero-order valence-corrected chi connectivity index (χ0v) is 12.0. The monoisotopic (exact) mass is 275 g/mol. The molecule has 2 heterocycles. The van der Waals surface area contributed by atoms with E-state index in [0.29, 0.717) is 4.99 Å². The highest BCUT2D eigenvalue weighted by Gasteiger charge is 2.30. The summed E-state index contributed by atoms with van der Waals surface area (Å²) in [5.74, 6) is 0. The Morgan fingerprint density at radius 1 is 1.32 bits per heavy atom. The largest absolute Gasteiger partial charge is 0.389 e. The Bertz CT molecular complexity index is 474. The standard InChI is InChI=1S/C15H21N3S/c16-15(19)13-4-1-3-12(9-13)10-17-7-8-18-6-2-5-14(18)11-17/h1,3-4,9,14H,2,5-8,10-11H2,(H2,16,19). The average Bonchev–Trinajstić information content (AvgIpc) is 2.86.